The molecule has 0 aromatic carbocycles. The molecular weight excluding hydrogens is 254 g/mol. The fraction of sp³-hybridized carbons (Fsp3) is 0.867. The highest BCUT2D eigenvalue weighted by atomic mass is 16.5. The molecule has 1 aliphatic carbocycles. The van der Waals surface area contributed by atoms with Crippen LogP contribution in [0.1, 0.15) is 58.2 Å². The zero-order chi connectivity index (χ0) is 14.8. The van der Waals surface area contributed by atoms with E-state index in [0.29, 0.717) is 11.9 Å². The Hall–Kier alpha value is -0.940. The van der Waals surface area contributed by atoms with E-state index in [4.69, 9.17) is 9.26 Å². The lowest BCUT2D eigenvalue weighted by Crippen LogP contribution is -2.39. The van der Waals surface area contributed by atoms with Crippen LogP contribution < -0.4 is 5.32 Å². The fourth-order valence-corrected chi connectivity index (χ4v) is 3.00. The van der Waals surface area contributed by atoms with Gasteiger partial charge in [-0.1, -0.05) is 25.9 Å². The predicted molar refractivity (Wildman–Crippen MR) is 77.5 cm³/mol. The summed E-state index contributed by atoms with van der Waals surface area (Å²) >= 11 is 0. The van der Waals surface area contributed by atoms with Gasteiger partial charge in [0.15, 0.2) is 0 Å². The highest BCUT2D eigenvalue weighted by Gasteiger charge is 2.40. The SMILES string of the molecule is CNC(Cc1nc(C2(OC)CCCC2)no1)C(C)(C)C. The van der Waals surface area contributed by atoms with Gasteiger partial charge in [0.1, 0.15) is 5.60 Å². The second kappa shape index (κ2) is 5.82. The largest absolute Gasteiger partial charge is 0.370 e. The van der Waals surface area contributed by atoms with Crippen LogP contribution in [0.5, 0.6) is 0 Å². The summed E-state index contributed by atoms with van der Waals surface area (Å²) in [4.78, 5) is 4.59. The molecule has 1 aromatic heterocycles. The van der Waals surface area contributed by atoms with E-state index < -0.39 is 0 Å². The third-order valence-electron chi connectivity index (χ3n) is 4.45. The first-order chi connectivity index (χ1) is 9.41. The molecule has 5 nitrogen and oxygen atoms in total. The number of hydrogen-bond acceptors (Lipinski definition) is 5. The zero-order valence-electron chi connectivity index (χ0n) is 13.3. The first kappa shape index (κ1) is 15.4. The molecule has 0 radical (unpaired) electrons. The van der Waals surface area contributed by atoms with Crippen molar-refractivity contribution in [2.45, 2.75) is 64.5 Å². The molecule has 114 valence electrons. The molecule has 0 saturated heterocycles. The highest BCUT2D eigenvalue weighted by Crippen LogP contribution is 2.40. The molecular formula is C15H27N3O2. The molecule has 0 amide bonds. The summed E-state index contributed by atoms with van der Waals surface area (Å²) in [6.07, 6.45) is 5.04. The van der Waals surface area contributed by atoms with Crippen molar-refractivity contribution in [1.82, 2.24) is 15.5 Å². The normalized spacial score (nSPS) is 20.2. The van der Waals surface area contributed by atoms with Gasteiger partial charge in [-0.2, -0.15) is 4.98 Å². The van der Waals surface area contributed by atoms with Gasteiger partial charge in [-0.05, 0) is 38.1 Å². The van der Waals surface area contributed by atoms with E-state index >= 15 is 0 Å². The summed E-state index contributed by atoms with van der Waals surface area (Å²) in [6.45, 7) is 6.62. The molecule has 1 atom stereocenters. The van der Waals surface area contributed by atoms with Crippen LogP contribution in [0.4, 0.5) is 0 Å². The summed E-state index contributed by atoms with van der Waals surface area (Å²) < 4.78 is 11.1. The van der Waals surface area contributed by atoms with Gasteiger partial charge in [-0.25, -0.2) is 0 Å². The van der Waals surface area contributed by atoms with E-state index in [0.717, 1.165) is 25.1 Å². The summed E-state index contributed by atoms with van der Waals surface area (Å²) in [6, 6.07) is 0.304. The molecule has 0 aliphatic heterocycles. The number of likely N-dealkylation sites (N-methyl/N-ethyl adjacent to an activating group) is 1. The minimum Gasteiger partial charge on any atom is -0.370 e. The number of rotatable bonds is 5. The highest BCUT2D eigenvalue weighted by molar-refractivity contribution is 5.05. The van der Waals surface area contributed by atoms with Gasteiger partial charge in [0.05, 0.1) is 0 Å². The van der Waals surface area contributed by atoms with Gasteiger partial charge in [-0.3, -0.25) is 0 Å². The minimum atomic E-state index is -0.321. The van der Waals surface area contributed by atoms with Crippen LogP contribution in [0.3, 0.4) is 0 Å². The van der Waals surface area contributed by atoms with E-state index in [1.54, 1.807) is 7.11 Å². The van der Waals surface area contributed by atoms with Crippen LogP contribution in [-0.4, -0.2) is 30.3 Å². The molecule has 2 rings (SSSR count). The lowest BCUT2D eigenvalue weighted by molar-refractivity contribution is -0.0178. The molecule has 1 aliphatic rings. The van der Waals surface area contributed by atoms with Crippen LogP contribution in [-0.2, 0) is 16.8 Å². The molecule has 5 heteroatoms. The second-order valence-corrected chi connectivity index (χ2v) is 6.83. The van der Waals surface area contributed by atoms with Crippen LogP contribution in [0.25, 0.3) is 0 Å². The van der Waals surface area contributed by atoms with Gasteiger partial charge in [0, 0.05) is 19.6 Å². The zero-order valence-corrected chi connectivity index (χ0v) is 13.3. The van der Waals surface area contributed by atoms with E-state index in [-0.39, 0.29) is 11.0 Å². The van der Waals surface area contributed by atoms with Crippen molar-refractivity contribution in [2.75, 3.05) is 14.2 Å². The number of nitrogens with one attached hydrogen (secondary N) is 1. The van der Waals surface area contributed by atoms with Gasteiger partial charge in [0.2, 0.25) is 11.7 Å². The van der Waals surface area contributed by atoms with E-state index in [1.165, 1.54) is 12.8 Å². The first-order valence-electron chi connectivity index (χ1n) is 7.47. The summed E-state index contributed by atoms with van der Waals surface area (Å²) in [5.74, 6) is 1.41. The number of methoxy groups -OCH3 is 1. The Bertz CT molecular complexity index is 431. The van der Waals surface area contributed by atoms with Crippen LogP contribution in [0, 0.1) is 5.41 Å². The van der Waals surface area contributed by atoms with Crippen molar-refractivity contribution in [2.24, 2.45) is 5.41 Å². The lowest BCUT2D eigenvalue weighted by Gasteiger charge is -2.29. The summed E-state index contributed by atoms with van der Waals surface area (Å²) in [5.41, 5.74) is -0.172. The molecule has 1 unspecified atom stereocenters. The first-order valence-corrected chi connectivity index (χ1v) is 7.47. The van der Waals surface area contributed by atoms with Gasteiger partial charge < -0.3 is 14.6 Å². The van der Waals surface area contributed by atoms with Crippen molar-refractivity contribution < 1.29 is 9.26 Å². The fourth-order valence-electron chi connectivity index (χ4n) is 3.00. The molecule has 1 fully saturated rings. The van der Waals surface area contributed by atoms with Crippen LogP contribution in [0.15, 0.2) is 4.52 Å². The van der Waals surface area contributed by atoms with Crippen molar-refractivity contribution in [1.29, 1.82) is 0 Å². The molecule has 0 spiro atoms. The maximum atomic E-state index is 5.70. The average molecular weight is 281 g/mol. The van der Waals surface area contributed by atoms with Crippen LogP contribution >= 0.6 is 0 Å². The molecule has 1 saturated carbocycles. The van der Waals surface area contributed by atoms with Crippen molar-refractivity contribution in [3.63, 3.8) is 0 Å². The maximum Gasteiger partial charge on any atom is 0.228 e. The van der Waals surface area contributed by atoms with Crippen LogP contribution in [0.2, 0.25) is 0 Å². The number of ether oxygens (including phenoxy) is 1. The monoisotopic (exact) mass is 281 g/mol. The molecule has 20 heavy (non-hydrogen) atoms. The maximum absolute atomic E-state index is 5.70. The Labute approximate surface area is 121 Å². The summed E-state index contributed by atoms with van der Waals surface area (Å²) in [5, 5.41) is 7.51. The Morgan fingerprint density at radius 3 is 2.50 bits per heavy atom. The Morgan fingerprint density at radius 2 is 2.00 bits per heavy atom. The number of hydrogen-bond donors (Lipinski definition) is 1. The second-order valence-electron chi connectivity index (χ2n) is 6.83. The summed E-state index contributed by atoms with van der Waals surface area (Å²) in [7, 11) is 3.72. The molecule has 0 bridgehead atoms. The topological polar surface area (TPSA) is 60.2 Å². The average Bonchev–Trinajstić information content (AvgIpc) is 3.04. The van der Waals surface area contributed by atoms with Gasteiger partial charge in [-0.15, -0.1) is 0 Å². The Kier molecular flexibility index (Phi) is 4.49. The third-order valence-corrected chi connectivity index (χ3v) is 4.45. The lowest BCUT2D eigenvalue weighted by atomic mass is 9.85. The molecule has 1 N–H and O–H groups in total. The predicted octanol–water partition coefficient (Wildman–Crippen LogP) is 2.66. The van der Waals surface area contributed by atoms with E-state index in [1.807, 2.05) is 7.05 Å². The smallest absolute Gasteiger partial charge is 0.228 e. The Morgan fingerprint density at radius 1 is 1.35 bits per heavy atom. The third kappa shape index (κ3) is 3.04. The molecule has 1 heterocycles. The minimum absolute atomic E-state index is 0.148. The van der Waals surface area contributed by atoms with E-state index in [9.17, 15) is 0 Å². The van der Waals surface area contributed by atoms with Gasteiger partial charge in [0.25, 0.3) is 0 Å². The number of aromatic nitrogens is 2. The number of nitrogens with zero attached hydrogens (tertiary/aromatic N) is 2. The standard InChI is InChI=1S/C15H27N3O2/c1-14(2,3)11(16-4)10-12-17-13(18-20-12)15(19-5)8-6-7-9-15/h11,16H,6-10H2,1-5H3. The quantitative estimate of drug-likeness (QED) is 0.899. The molecule has 1 aromatic rings. The Balaban J connectivity index is 2.13. The van der Waals surface area contributed by atoms with E-state index in [2.05, 4.69) is 36.2 Å². The van der Waals surface area contributed by atoms with Crippen molar-refractivity contribution in [3.8, 4) is 0 Å². The van der Waals surface area contributed by atoms with Crippen molar-refractivity contribution in [3.05, 3.63) is 11.7 Å². The van der Waals surface area contributed by atoms with Crippen molar-refractivity contribution >= 4 is 0 Å². The van der Waals surface area contributed by atoms with Gasteiger partial charge >= 0.3 is 0 Å².